The minimum Gasteiger partial charge on any atom is -0.388 e. The highest BCUT2D eigenvalue weighted by atomic mass is 15.3. The minimum absolute atomic E-state index is 0.519. The van der Waals surface area contributed by atoms with E-state index in [0.717, 1.165) is 39.8 Å². The number of benzene rings is 2. The van der Waals surface area contributed by atoms with Crippen molar-refractivity contribution in [3.05, 3.63) is 71.4 Å². The molecule has 0 unspecified atom stereocenters. The van der Waals surface area contributed by atoms with E-state index in [1.807, 2.05) is 45.5 Å². The van der Waals surface area contributed by atoms with Crippen molar-refractivity contribution in [1.29, 1.82) is 0 Å². The molecule has 5 heteroatoms. The van der Waals surface area contributed by atoms with Gasteiger partial charge in [-0.1, -0.05) is 24.3 Å². The highest BCUT2D eigenvalue weighted by Crippen LogP contribution is 2.29. The first-order valence-corrected chi connectivity index (χ1v) is 8.82. The maximum absolute atomic E-state index is 5.07. The van der Waals surface area contributed by atoms with E-state index in [1.165, 1.54) is 5.56 Å². The molecule has 0 bridgehead atoms. The zero-order valence-electron chi connectivity index (χ0n) is 15.3. The van der Waals surface area contributed by atoms with Crippen LogP contribution in [0.25, 0.3) is 10.9 Å². The van der Waals surface area contributed by atoms with Crippen LogP contribution in [-0.4, -0.2) is 37.6 Å². The lowest BCUT2D eigenvalue weighted by Crippen LogP contribution is -2.56. The second-order valence-corrected chi connectivity index (χ2v) is 6.54. The number of nitrogens with zero attached hydrogens (tertiary/aromatic N) is 2. The van der Waals surface area contributed by atoms with E-state index in [-0.39, 0.29) is 0 Å². The molecule has 1 aromatic heterocycles. The van der Waals surface area contributed by atoms with Crippen molar-refractivity contribution in [2.45, 2.75) is 12.2 Å². The number of aromatic nitrogens is 1. The lowest BCUT2D eigenvalue weighted by atomic mass is 9.90. The number of likely N-dealkylation sites (N-methyl/N-ethyl adjacent to an activating group) is 2. The Hall–Kier alpha value is -2.76. The van der Waals surface area contributed by atoms with Gasteiger partial charge in [-0.2, -0.15) is 0 Å². The Morgan fingerprint density at radius 1 is 0.962 bits per heavy atom. The zero-order valence-corrected chi connectivity index (χ0v) is 15.3. The quantitative estimate of drug-likeness (QED) is 0.637. The number of para-hydroxylation sites is 1. The van der Waals surface area contributed by atoms with Gasteiger partial charge in [0.25, 0.3) is 0 Å². The summed E-state index contributed by atoms with van der Waals surface area (Å²) in [5.41, 5.74) is 6.44. The summed E-state index contributed by atoms with van der Waals surface area (Å²) in [4.78, 5) is 9.70. The van der Waals surface area contributed by atoms with Gasteiger partial charge in [0.05, 0.1) is 11.2 Å². The SMILES string of the molecule is CNc1ccc2c(c1)C(c1cnc3ccccc3c1)=NC(NC)(NC)C2. The number of aliphatic imine (C=N–C) groups is 1. The monoisotopic (exact) mass is 345 g/mol. The Morgan fingerprint density at radius 3 is 2.54 bits per heavy atom. The molecule has 26 heavy (non-hydrogen) atoms. The molecule has 3 aromatic rings. The molecule has 5 nitrogen and oxygen atoms in total. The van der Waals surface area contributed by atoms with Crippen LogP contribution < -0.4 is 16.0 Å². The van der Waals surface area contributed by atoms with Crippen LogP contribution in [-0.2, 0) is 6.42 Å². The van der Waals surface area contributed by atoms with Gasteiger partial charge in [0.1, 0.15) is 0 Å². The maximum atomic E-state index is 5.07. The predicted molar refractivity (Wildman–Crippen MR) is 108 cm³/mol. The molecular weight excluding hydrogens is 322 g/mol. The van der Waals surface area contributed by atoms with Gasteiger partial charge in [0, 0.05) is 41.9 Å². The Bertz CT molecular complexity index is 989. The van der Waals surface area contributed by atoms with Crippen LogP contribution in [0.2, 0.25) is 0 Å². The van der Waals surface area contributed by atoms with Crippen molar-refractivity contribution in [2.75, 3.05) is 26.5 Å². The molecule has 0 aliphatic carbocycles. The van der Waals surface area contributed by atoms with Crippen molar-refractivity contribution in [1.82, 2.24) is 15.6 Å². The Labute approximate surface area is 153 Å². The fourth-order valence-electron chi connectivity index (χ4n) is 3.51. The zero-order chi connectivity index (χ0) is 18.1. The van der Waals surface area contributed by atoms with E-state index >= 15 is 0 Å². The number of pyridine rings is 1. The molecule has 2 heterocycles. The molecule has 0 saturated heterocycles. The summed E-state index contributed by atoms with van der Waals surface area (Å²) in [6.07, 6.45) is 2.70. The summed E-state index contributed by atoms with van der Waals surface area (Å²) in [6, 6.07) is 16.8. The fourth-order valence-corrected chi connectivity index (χ4v) is 3.51. The lowest BCUT2D eigenvalue weighted by Gasteiger charge is -2.35. The van der Waals surface area contributed by atoms with Gasteiger partial charge in [-0.25, -0.2) is 4.99 Å². The van der Waals surface area contributed by atoms with E-state index in [9.17, 15) is 0 Å². The van der Waals surface area contributed by atoms with Crippen molar-refractivity contribution >= 4 is 22.3 Å². The number of hydrogen-bond acceptors (Lipinski definition) is 5. The third-order valence-corrected chi connectivity index (χ3v) is 5.09. The summed E-state index contributed by atoms with van der Waals surface area (Å²) < 4.78 is 0. The maximum Gasteiger partial charge on any atom is 0.168 e. The molecule has 1 aliphatic heterocycles. The van der Waals surface area contributed by atoms with Crippen LogP contribution >= 0.6 is 0 Å². The molecule has 3 N–H and O–H groups in total. The van der Waals surface area contributed by atoms with Gasteiger partial charge in [-0.05, 0) is 43.9 Å². The molecule has 2 aromatic carbocycles. The normalized spacial score (nSPS) is 15.4. The van der Waals surface area contributed by atoms with Crippen molar-refractivity contribution in [3.63, 3.8) is 0 Å². The van der Waals surface area contributed by atoms with E-state index in [2.05, 4.69) is 51.3 Å². The highest BCUT2D eigenvalue weighted by molar-refractivity contribution is 6.15. The summed E-state index contributed by atoms with van der Waals surface area (Å²) in [7, 11) is 5.80. The molecule has 0 atom stereocenters. The van der Waals surface area contributed by atoms with Crippen molar-refractivity contribution < 1.29 is 0 Å². The first kappa shape index (κ1) is 16.7. The van der Waals surface area contributed by atoms with Gasteiger partial charge >= 0.3 is 0 Å². The largest absolute Gasteiger partial charge is 0.388 e. The van der Waals surface area contributed by atoms with Gasteiger partial charge in [0.2, 0.25) is 0 Å². The Balaban J connectivity index is 1.93. The van der Waals surface area contributed by atoms with Crippen LogP contribution in [0.5, 0.6) is 0 Å². The lowest BCUT2D eigenvalue weighted by molar-refractivity contribution is 0.304. The second-order valence-electron chi connectivity index (χ2n) is 6.54. The number of anilines is 1. The van der Waals surface area contributed by atoms with E-state index < -0.39 is 5.79 Å². The fraction of sp³-hybridized carbons (Fsp3) is 0.238. The first-order chi connectivity index (χ1) is 12.7. The third-order valence-electron chi connectivity index (χ3n) is 5.09. The van der Waals surface area contributed by atoms with Gasteiger partial charge in [0.15, 0.2) is 5.79 Å². The molecule has 1 aliphatic rings. The minimum atomic E-state index is -0.519. The topological polar surface area (TPSA) is 61.3 Å². The molecule has 0 spiro atoms. The van der Waals surface area contributed by atoms with Gasteiger partial charge in [-0.3, -0.25) is 15.6 Å². The summed E-state index contributed by atoms with van der Waals surface area (Å²) >= 11 is 0. The van der Waals surface area contributed by atoms with Gasteiger partial charge < -0.3 is 5.32 Å². The van der Waals surface area contributed by atoms with Crippen LogP contribution in [0, 0.1) is 0 Å². The van der Waals surface area contributed by atoms with Crippen molar-refractivity contribution in [2.24, 2.45) is 4.99 Å². The smallest absolute Gasteiger partial charge is 0.168 e. The molecule has 4 rings (SSSR count). The molecule has 0 amide bonds. The average molecular weight is 345 g/mol. The van der Waals surface area contributed by atoms with Gasteiger partial charge in [-0.15, -0.1) is 0 Å². The summed E-state index contributed by atoms with van der Waals surface area (Å²) in [6.45, 7) is 0. The highest BCUT2D eigenvalue weighted by Gasteiger charge is 2.33. The van der Waals surface area contributed by atoms with Crippen molar-refractivity contribution in [3.8, 4) is 0 Å². The summed E-state index contributed by atoms with van der Waals surface area (Å²) in [5, 5.41) is 11.0. The number of rotatable bonds is 4. The van der Waals surface area contributed by atoms with Crippen LogP contribution in [0.1, 0.15) is 16.7 Å². The average Bonchev–Trinajstić information content (AvgIpc) is 2.72. The van der Waals surface area contributed by atoms with E-state index in [0.29, 0.717) is 0 Å². The third kappa shape index (κ3) is 2.75. The van der Waals surface area contributed by atoms with Crippen LogP contribution in [0.15, 0.2) is 59.7 Å². The van der Waals surface area contributed by atoms with E-state index in [1.54, 1.807) is 0 Å². The second kappa shape index (κ2) is 6.52. The Morgan fingerprint density at radius 2 is 1.77 bits per heavy atom. The van der Waals surface area contributed by atoms with Crippen LogP contribution in [0.3, 0.4) is 0 Å². The number of fused-ring (bicyclic) bond motifs is 2. The predicted octanol–water partition coefficient (Wildman–Crippen LogP) is 2.76. The first-order valence-electron chi connectivity index (χ1n) is 8.82. The molecule has 0 fully saturated rings. The molecule has 0 saturated carbocycles. The number of hydrogen-bond donors (Lipinski definition) is 3. The van der Waals surface area contributed by atoms with E-state index in [4.69, 9.17) is 4.99 Å². The van der Waals surface area contributed by atoms with Crippen LogP contribution in [0.4, 0.5) is 5.69 Å². The Kier molecular flexibility index (Phi) is 4.18. The molecule has 0 radical (unpaired) electrons. The summed E-state index contributed by atoms with van der Waals surface area (Å²) in [5.74, 6) is -0.519. The number of nitrogens with one attached hydrogen (secondary N) is 3. The molecular formula is C21H23N5. The molecule has 132 valence electrons. The standard InChI is InChI=1S/C21H23N5/c1-22-17-9-8-15-12-21(23-2,24-3)26-20(18(15)11-17)16-10-14-6-4-5-7-19(14)25-13-16/h4-11,13,22-24H,12H2,1-3H3.